The SMILES string of the molecule is COCCN(C)SNC1CCN(/C(N)=C/C=C\N)CC1COC1CCC(C)CC1. The summed E-state index contributed by atoms with van der Waals surface area (Å²) in [6.07, 6.45) is 11.6. The van der Waals surface area contributed by atoms with Crippen molar-refractivity contribution in [3.63, 3.8) is 0 Å². The van der Waals surface area contributed by atoms with Gasteiger partial charge in [-0.2, -0.15) is 0 Å². The van der Waals surface area contributed by atoms with Gasteiger partial charge in [-0.1, -0.05) is 6.92 Å². The quantitative estimate of drug-likeness (QED) is 0.342. The maximum absolute atomic E-state index is 6.38. The maximum atomic E-state index is 6.38. The van der Waals surface area contributed by atoms with Gasteiger partial charge in [-0.05, 0) is 63.4 Å². The molecule has 2 unspecified atom stereocenters. The van der Waals surface area contributed by atoms with Gasteiger partial charge >= 0.3 is 0 Å². The molecule has 0 amide bonds. The number of nitrogens with one attached hydrogen (secondary N) is 1. The second kappa shape index (κ2) is 13.4. The Kier molecular flexibility index (Phi) is 11.2. The van der Waals surface area contributed by atoms with Gasteiger partial charge in [-0.3, -0.25) is 0 Å². The molecule has 0 aromatic carbocycles. The summed E-state index contributed by atoms with van der Waals surface area (Å²) in [4.78, 5) is 2.24. The lowest BCUT2D eigenvalue weighted by molar-refractivity contribution is -0.0166. The Bertz CT molecular complexity index is 511. The highest BCUT2D eigenvalue weighted by Gasteiger charge is 2.31. The number of allylic oxidation sites excluding steroid dienone is 2. The molecule has 8 heteroatoms. The molecular weight excluding hydrogens is 386 g/mol. The van der Waals surface area contributed by atoms with E-state index < -0.39 is 0 Å². The van der Waals surface area contributed by atoms with Crippen LogP contribution in [-0.2, 0) is 9.47 Å². The number of nitrogens with two attached hydrogens (primary N) is 2. The first-order valence-corrected chi connectivity index (χ1v) is 11.6. The Balaban J connectivity index is 1.91. The molecule has 0 radical (unpaired) electrons. The van der Waals surface area contributed by atoms with Gasteiger partial charge in [0.05, 0.1) is 25.1 Å². The molecule has 2 rings (SSSR count). The molecular formula is C21H41N5O2S. The first kappa shape index (κ1) is 24.3. The summed E-state index contributed by atoms with van der Waals surface area (Å²) >= 11 is 1.67. The molecule has 7 nitrogen and oxygen atoms in total. The minimum absolute atomic E-state index is 0.389. The summed E-state index contributed by atoms with van der Waals surface area (Å²) in [5, 5.41) is 0. The number of hydrogen-bond acceptors (Lipinski definition) is 8. The van der Waals surface area contributed by atoms with Crippen LogP contribution in [0.5, 0.6) is 0 Å². The van der Waals surface area contributed by atoms with E-state index in [-0.39, 0.29) is 0 Å². The Morgan fingerprint density at radius 1 is 1.28 bits per heavy atom. The highest BCUT2D eigenvalue weighted by atomic mass is 32.2. The predicted octanol–water partition coefficient (Wildman–Crippen LogP) is 2.28. The normalized spacial score (nSPS) is 29.1. The third-order valence-electron chi connectivity index (χ3n) is 5.96. The van der Waals surface area contributed by atoms with Gasteiger partial charge < -0.3 is 25.8 Å². The molecule has 29 heavy (non-hydrogen) atoms. The maximum Gasteiger partial charge on any atom is 0.0987 e. The average Bonchev–Trinajstić information content (AvgIpc) is 2.74. The van der Waals surface area contributed by atoms with E-state index in [4.69, 9.17) is 20.9 Å². The van der Waals surface area contributed by atoms with Crippen LogP contribution in [0.3, 0.4) is 0 Å². The zero-order chi connectivity index (χ0) is 21.1. The van der Waals surface area contributed by atoms with Crippen molar-refractivity contribution in [3.05, 3.63) is 24.2 Å². The largest absolute Gasteiger partial charge is 0.405 e. The zero-order valence-electron chi connectivity index (χ0n) is 18.4. The summed E-state index contributed by atoms with van der Waals surface area (Å²) in [6, 6.07) is 0.390. The number of rotatable bonds is 11. The lowest BCUT2D eigenvalue weighted by Gasteiger charge is -2.41. The lowest BCUT2D eigenvalue weighted by atomic mass is 9.88. The van der Waals surface area contributed by atoms with Crippen LogP contribution < -0.4 is 16.2 Å². The number of likely N-dealkylation sites (tertiary alicyclic amines) is 1. The van der Waals surface area contributed by atoms with Crippen LogP contribution in [0.1, 0.15) is 39.0 Å². The average molecular weight is 428 g/mol. The van der Waals surface area contributed by atoms with E-state index >= 15 is 0 Å². The molecule has 0 bridgehead atoms. The minimum atomic E-state index is 0.389. The van der Waals surface area contributed by atoms with E-state index in [0.717, 1.165) is 51.0 Å². The van der Waals surface area contributed by atoms with Crippen molar-refractivity contribution in [1.29, 1.82) is 0 Å². The number of ether oxygens (including phenoxy) is 2. The van der Waals surface area contributed by atoms with E-state index in [2.05, 4.69) is 27.9 Å². The van der Waals surface area contributed by atoms with Crippen LogP contribution >= 0.6 is 12.1 Å². The number of piperidine rings is 1. The fourth-order valence-electron chi connectivity index (χ4n) is 3.93. The van der Waals surface area contributed by atoms with Gasteiger partial charge in [0.25, 0.3) is 0 Å². The fourth-order valence-corrected chi connectivity index (χ4v) is 4.72. The van der Waals surface area contributed by atoms with E-state index in [1.165, 1.54) is 31.9 Å². The fraction of sp³-hybridized carbons (Fsp3) is 0.810. The van der Waals surface area contributed by atoms with E-state index in [0.29, 0.717) is 18.1 Å². The van der Waals surface area contributed by atoms with E-state index in [1.807, 2.05) is 6.08 Å². The van der Waals surface area contributed by atoms with Gasteiger partial charge in [0.1, 0.15) is 0 Å². The molecule has 0 aromatic heterocycles. The number of methoxy groups -OCH3 is 1. The topological polar surface area (TPSA) is 89.0 Å². The number of nitrogens with zero attached hydrogens (tertiary/aromatic N) is 2. The molecule has 1 saturated carbocycles. The molecule has 5 N–H and O–H groups in total. The third kappa shape index (κ3) is 8.76. The van der Waals surface area contributed by atoms with Crippen molar-refractivity contribution in [2.24, 2.45) is 23.3 Å². The van der Waals surface area contributed by atoms with E-state index in [9.17, 15) is 0 Å². The molecule has 168 valence electrons. The van der Waals surface area contributed by atoms with Gasteiger partial charge in [0.15, 0.2) is 0 Å². The van der Waals surface area contributed by atoms with Crippen molar-refractivity contribution in [3.8, 4) is 0 Å². The van der Waals surface area contributed by atoms with Crippen molar-refractivity contribution >= 4 is 12.1 Å². The molecule has 2 fully saturated rings. The number of hydrogen-bond donors (Lipinski definition) is 3. The molecule has 2 atom stereocenters. The van der Waals surface area contributed by atoms with Crippen molar-refractivity contribution in [1.82, 2.24) is 13.9 Å². The first-order chi connectivity index (χ1) is 14.0. The summed E-state index contributed by atoms with van der Waals surface area (Å²) in [7, 11) is 3.82. The van der Waals surface area contributed by atoms with Crippen LogP contribution in [0.4, 0.5) is 0 Å². The highest BCUT2D eigenvalue weighted by molar-refractivity contribution is 7.95. The van der Waals surface area contributed by atoms with Crippen LogP contribution in [0, 0.1) is 11.8 Å². The summed E-state index contributed by atoms with van der Waals surface area (Å²) in [6.45, 7) is 6.55. The van der Waals surface area contributed by atoms with Crippen LogP contribution in [0.25, 0.3) is 0 Å². The summed E-state index contributed by atoms with van der Waals surface area (Å²) in [5.41, 5.74) is 11.7. The standard InChI is InChI=1S/C21H41N5O2S/c1-17-6-8-19(9-7-17)28-16-18-15-26(21(23)5-4-11-22)12-10-20(18)24-29-25(2)13-14-27-3/h4-5,11,17-20,24H,6-10,12-16,22-23H2,1-3H3/b11-4-,21-5+. The monoisotopic (exact) mass is 427 g/mol. The smallest absolute Gasteiger partial charge is 0.0987 e. The van der Waals surface area contributed by atoms with Gasteiger partial charge in [0.2, 0.25) is 0 Å². The first-order valence-electron chi connectivity index (χ1n) is 10.9. The second-order valence-corrected chi connectivity index (χ2v) is 9.39. The molecule has 1 aliphatic heterocycles. The molecule has 0 spiro atoms. The van der Waals surface area contributed by atoms with Crippen LogP contribution in [-0.4, -0.2) is 68.4 Å². The molecule has 1 aliphatic carbocycles. The lowest BCUT2D eigenvalue weighted by Crippen LogP contribution is -2.50. The Morgan fingerprint density at radius 2 is 2.03 bits per heavy atom. The number of likely N-dealkylation sites (N-methyl/N-ethyl adjacent to an activating group) is 1. The van der Waals surface area contributed by atoms with Crippen molar-refractivity contribution < 1.29 is 9.47 Å². The Morgan fingerprint density at radius 3 is 2.72 bits per heavy atom. The highest BCUT2D eigenvalue weighted by Crippen LogP contribution is 2.28. The second-order valence-electron chi connectivity index (χ2n) is 8.35. The van der Waals surface area contributed by atoms with Gasteiger partial charge in [0, 0.05) is 50.8 Å². The third-order valence-corrected chi connectivity index (χ3v) is 6.86. The van der Waals surface area contributed by atoms with Crippen molar-refractivity contribution in [2.75, 3.05) is 47.0 Å². The Hall–Kier alpha value is -0.930. The van der Waals surface area contributed by atoms with E-state index in [1.54, 1.807) is 25.3 Å². The van der Waals surface area contributed by atoms with Gasteiger partial charge in [-0.15, -0.1) is 0 Å². The summed E-state index contributed by atoms with van der Waals surface area (Å²) < 4.78 is 17.4. The van der Waals surface area contributed by atoms with Crippen LogP contribution in [0.2, 0.25) is 0 Å². The molecule has 2 aliphatic rings. The van der Waals surface area contributed by atoms with Gasteiger partial charge in [-0.25, -0.2) is 9.03 Å². The van der Waals surface area contributed by atoms with Crippen molar-refractivity contribution in [2.45, 2.75) is 51.2 Å². The zero-order valence-corrected chi connectivity index (χ0v) is 19.2. The molecule has 0 aromatic rings. The Labute approximate surface area is 181 Å². The minimum Gasteiger partial charge on any atom is -0.405 e. The molecule has 1 saturated heterocycles. The summed E-state index contributed by atoms with van der Waals surface area (Å²) in [5.74, 6) is 2.00. The van der Waals surface area contributed by atoms with Crippen LogP contribution in [0.15, 0.2) is 24.2 Å². The predicted molar refractivity (Wildman–Crippen MR) is 122 cm³/mol. The molecule has 1 heterocycles.